The molecular formula is C6H10F3NOS. The maximum atomic E-state index is 12.2. The second-order valence-electron chi connectivity index (χ2n) is 2.46. The fourth-order valence-corrected chi connectivity index (χ4v) is 1.76. The van der Waals surface area contributed by atoms with Crippen molar-refractivity contribution in [2.45, 2.75) is 12.2 Å². The van der Waals surface area contributed by atoms with E-state index in [-0.39, 0.29) is 6.61 Å². The van der Waals surface area contributed by atoms with Gasteiger partial charge in [-0.15, -0.1) is 0 Å². The predicted octanol–water partition coefficient (Wildman–Crippen LogP) is 1.53. The summed E-state index contributed by atoms with van der Waals surface area (Å²) in [4.78, 5) is 0. The first kappa shape index (κ1) is 10.1. The van der Waals surface area contributed by atoms with Crippen LogP contribution < -0.4 is 0 Å². The van der Waals surface area contributed by atoms with Crippen molar-refractivity contribution in [1.82, 2.24) is 4.31 Å². The standard InChI is InChI=1S/C6H10F3NOS/c1-12-10-2-3-11-4-5(10)6(7,8)9/h5H,2-4H2,1H3. The molecule has 1 saturated heterocycles. The van der Waals surface area contributed by atoms with E-state index in [9.17, 15) is 13.2 Å². The molecule has 1 unspecified atom stereocenters. The van der Waals surface area contributed by atoms with Gasteiger partial charge in [-0.2, -0.15) is 13.2 Å². The molecule has 0 aromatic carbocycles. The molecule has 0 bridgehead atoms. The molecule has 1 fully saturated rings. The lowest BCUT2D eigenvalue weighted by molar-refractivity contribution is -0.194. The van der Waals surface area contributed by atoms with Crippen LogP contribution >= 0.6 is 11.9 Å². The first-order valence-corrected chi connectivity index (χ1v) is 4.69. The van der Waals surface area contributed by atoms with Crippen LogP contribution in [-0.4, -0.2) is 42.5 Å². The lowest BCUT2D eigenvalue weighted by Crippen LogP contribution is -2.49. The molecule has 0 saturated carbocycles. The number of hydrogen-bond donors (Lipinski definition) is 0. The predicted molar refractivity (Wildman–Crippen MR) is 40.9 cm³/mol. The van der Waals surface area contributed by atoms with Crippen LogP contribution in [0.4, 0.5) is 13.2 Å². The van der Waals surface area contributed by atoms with Gasteiger partial charge in [0.25, 0.3) is 0 Å². The highest BCUT2D eigenvalue weighted by molar-refractivity contribution is 7.96. The molecule has 0 radical (unpaired) electrons. The molecule has 1 rings (SSSR count). The Kier molecular flexibility index (Phi) is 3.25. The maximum absolute atomic E-state index is 12.2. The third-order valence-electron chi connectivity index (χ3n) is 1.69. The third-order valence-corrected chi connectivity index (χ3v) is 2.60. The van der Waals surface area contributed by atoms with Crippen molar-refractivity contribution in [3.05, 3.63) is 0 Å². The highest BCUT2D eigenvalue weighted by atomic mass is 32.2. The van der Waals surface area contributed by atoms with Gasteiger partial charge >= 0.3 is 6.18 Å². The Balaban J connectivity index is 2.59. The molecule has 1 atom stereocenters. The number of alkyl halides is 3. The van der Waals surface area contributed by atoms with Gasteiger partial charge in [0.2, 0.25) is 0 Å². The van der Waals surface area contributed by atoms with Crippen molar-refractivity contribution in [2.75, 3.05) is 26.0 Å². The second-order valence-corrected chi connectivity index (χ2v) is 3.29. The van der Waals surface area contributed by atoms with Gasteiger partial charge in [0.1, 0.15) is 6.04 Å². The number of hydrogen-bond acceptors (Lipinski definition) is 3. The molecule has 1 heterocycles. The topological polar surface area (TPSA) is 12.5 Å². The van der Waals surface area contributed by atoms with Crippen LogP contribution in [0.2, 0.25) is 0 Å². The minimum atomic E-state index is -4.18. The highest BCUT2D eigenvalue weighted by Gasteiger charge is 2.45. The SMILES string of the molecule is CSN1CCOCC1C(F)(F)F. The second kappa shape index (κ2) is 3.85. The summed E-state index contributed by atoms with van der Waals surface area (Å²) in [6.07, 6.45) is -2.53. The van der Waals surface area contributed by atoms with Gasteiger partial charge in [-0.05, 0) is 6.26 Å². The molecule has 6 heteroatoms. The summed E-state index contributed by atoms with van der Waals surface area (Å²) < 4.78 is 42.8. The van der Waals surface area contributed by atoms with Crippen molar-refractivity contribution in [1.29, 1.82) is 0 Å². The molecule has 0 amide bonds. The fraction of sp³-hybridized carbons (Fsp3) is 1.00. The molecule has 0 aliphatic carbocycles. The maximum Gasteiger partial charge on any atom is 0.407 e. The van der Waals surface area contributed by atoms with Crippen LogP contribution in [0.1, 0.15) is 0 Å². The Bertz CT molecular complexity index is 152. The minimum Gasteiger partial charge on any atom is -0.378 e. The van der Waals surface area contributed by atoms with E-state index in [1.807, 2.05) is 0 Å². The van der Waals surface area contributed by atoms with Gasteiger partial charge in [-0.1, -0.05) is 11.9 Å². The Labute approximate surface area is 73.2 Å². The van der Waals surface area contributed by atoms with E-state index >= 15 is 0 Å². The van der Waals surface area contributed by atoms with Crippen LogP contribution in [-0.2, 0) is 4.74 Å². The van der Waals surface area contributed by atoms with Crippen LogP contribution in [0.15, 0.2) is 0 Å². The average molecular weight is 201 g/mol. The van der Waals surface area contributed by atoms with Crippen LogP contribution in [0.3, 0.4) is 0 Å². The zero-order valence-corrected chi connectivity index (χ0v) is 7.41. The van der Waals surface area contributed by atoms with Gasteiger partial charge in [0.05, 0.1) is 13.2 Å². The van der Waals surface area contributed by atoms with Crippen LogP contribution in [0.5, 0.6) is 0 Å². The number of morpholine rings is 1. The first-order chi connectivity index (χ1) is 5.55. The molecule has 0 aromatic rings. The quantitative estimate of drug-likeness (QED) is 0.597. The Hall–Kier alpha value is 0.0600. The molecule has 1 aliphatic rings. The lowest BCUT2D eigenvalue weighted by atomic mass is 10.3. The molecule has 0 spiro atoms. The Morgan fingerprint density at radius 1 is 1.50 bits per heavy atom. The molecule has 1 aliphatic heterocycles. The van der Waals surface area contributed by atoms with E-state index in [4.69, 9.17) is 4.74 Å². The van der Waals surface area contributed by atoms with Gasteiger partial charge in [0.15, 0.2) is 0 Å². The smallest absolute Gasteiger partial charge is 0.378 e. The number of nitrogens with zero attached hydrogens (tertiary/aromatic N) is 1. The normalized spacial score (nSPS) is 27.5. The van der Waals surface area contributed by atoms with Crippen LogP contribution in [0.25, 0.3) is 0 Å². The van der Waals surface area contributed by atoms with Gasteiger partial charge in [0, 0.05) is 6.54 Å². The lowest BCUT2D eigenvalue weighted by Gasteiger charge is -2.34. The van der Waals surface area contributed by atoms with E-state index in [1.54, 1.807) is 6.26 Å². The number of rotatable bonds is 1. The van der Waals surface area contributed by atoms with Gasteiger partial charge < -0.3 is 4.74 Å². The zero-order chi connectivity index (χ0) is 9.19. The summed E-state index contributed by atoms with van der Waals surface area (Å²) in [5, 5.41) is 0. The van der Waals surface area contributed by atoms with Crippen molar-refractivity contribution in [2.24, 2.45) is 0 Å². The molecule has 0 aromatic heterocycles. The molecule has 12 heavy (non-hydrogen) atoms. The molecular weight excluding hydrogens is 191 g/mol. The summed E-state index contributed by atoms with van der Waals surface area (Å²) in [6, 6.07) is -1.44. The van der Waals surface area contributed by atoms with Gasteiger partial charge in [-0.3, -0.25) is 0 Å². The average Bonchev–Trinajstić information content (AvgIpc) is 2.03. The van der Waals surface area contributed by atoms with E-state index in [1.165, 1.54) is 4.31 Å². The first-order valence-electron chi connectivity index (χ1n) is 3.51. The summed E-state index contributed by atoms with van der Waals surface area (Å²) >= 11 is 1.11. The zero-order valence-electron chi connectivity index (χ0n) is 6.60. The summed E-state index contributed by atoms with van der Waals surface area (Å²) in [5.74, 6) is 0. The van der Waals surface area contributed by atoms with Crippen molar-refractivity contribution in [3.63, 3.8) is 0 Å². The molecule has 2 nitrogen and oxygen atoms in total. The highest BCUT2D eigenvalue weighted by Crippen LogP contribution is 2.29. The Morgan fingerprint density at radius 3 is 2.58 bits per heavy atom. The van der Waals surface area contributed by atoms with E-state index in [0.29, 0.717) is 13.2 Å². The van der Waals surface area contributed by atoms with Crippen molar-refractivity contribution < 1.29 is 17.9 Å². The van der Waals surface area contributed by atoms with E-state index in [0.717, 1.165) is 11.9 Å². The third kappa shape index (κ3) is 2.27. The largest absolute Gasteiger partial charge is 0.407 e. The monoisotopic (exact) mass is 201 g/mol. The van der Waals surface area contributed by atoms with Gasteiger partial charge in [-0.25, -0.2) is 4.31 Å². The number of ether oxygens (including phenoxy) is 1. The summed E-state index contributed by atoms with van der Waals surface area (Å²) in [5.41, 5.74) is 0. The summed E-state index contributed by atoms with van der Waals surface area (Å²) in [7, 11) is 0. The minimum absolute atomic E-state index is 0.246. The summed E-state index contributed by atoms with van der Waals surface area (Å²) in [6.45, 7) is 0.475. The molecule has 0 N–H and O–H groups in total. The van der Waals surface area contributed by atoms with E-state index in [2.05, 4.69) is 0 Å². The molecule has 72 valence electrons. The number of halogens is 3. The van der Waals surface area contributed by atoms with Crippen molar-refractivity contribution in [3.8, 4) is 0 Å². The fourth-order valence-electron chi connectivity index (χ4n) is 1.06. The van der Waals surface area contributed by atoms with Crippen molar-refractivity contribution >= 4 is 11.9 Å². The Morgan fingerprint density at radius 2 is 2.17 bits per heavy atom. The van der Waals surface area contributed by atoms with E-state index < -0.39 is 12.2 Å². The van der Waals surface area contributed by atoms with Crippen LogP contribution in [0, 0.1) is 0 Å².